The molecular formula is C14H21FN2. The van der Waals surface area contributed by atoms with Gasteiger partial charge in [-0.3, -0.25) is 0 Å². The van der Waals surface area contributed by atoms with Crippen molar-refractivity contribution in [3.05, 3.63) is 29.6 Å². The highest BCUT2D eigenvalue weighted by Gasteiger charge is 2.17. The van der Waals surface area contributed by atoms with Crippen LogP contribution >= 0.6 is 0 Å². The molecule has 1 aliphatic heterocycles. The van der Waals surface area contributed by atoms with Crippen LogP contribution in [0.4, 0.5) is 10.1 Å². The Morgan fingerprint density at radius 3 is 3.06 bits per heavy atom. The zero-order valence-corrected chi connectivity index (χ0v) is 10.6. The van der Waals surface area contributed by atoms with Gasteiger partial charge in [0.1, 0.15) is 5.82 Å². The summed E-state index contributed by atoms with van der Waals surface area (Å²) in [7, 11) is 0. The smallest absolute Gasteiger partial charge is 0.146 e. The largest absolute Gasteiger partial charge is 0.380 e. The molecule has 1 heterocycles. The van der Waals surface area contributed by atoms with Crippen molar-refractivity contribution in [2.24, 2.45) is 0 Å². The first-order chi connectivity index (χ1) is 8.15. The minimum absolute atomic E-state index is 0.165. The van der Waals surface area contributed by atoms with Gasteiger partial charge in [-0.05, 0) is 57.4 Å². The number of benzene rings is 1. The third kappa shape index (κ3) is 3.43. The number of hydrogen-bond acceptors (Lipinski definition) is 2. The molecule has 17 heavy (non-hydrogen) atoms. The molecule has 0 spiro atoms. The molecule has 0 aromatic heterocycles. The zero-order chi connectivity index (χ0) is 12.3. The van der Waals surface area contributed by atoms with E-state index in [1.807, 2.05) is 13.0 Å². The highest BCUT2D eigenvalue weighted by molar-refractivity contribution is 5.47. The summed E-state index contributed by atoms with van der Waals surface area (Å²) in [4.78, 5) is 0. The van der Waals surface area contributed by atoms with E-state index >= 15 is 0 Å². The van der Waals surface area contributed by atoms with Crippen LogP contribution in [-0.2, 0) is 0 Å². The number of aryl methyl sites for hydroxylation is 1. The number of rotatable bonds is 4. The van der Waals surface area contributed by atoms with E-state index in [1.54, 1.807) is 6.07 Å². The molecule has 2 unspecified atom stereocenters. The molecule has 0 aliphatic carbocycles. The molecule has 1 saturated heterocycles. The average molecular weight is 236 g/mol. The first-order valence-corrected chi connectivity index (χ1v) is 6.41. The Hall–Kier alpha value is -1.09. The quantitative estimate of drug-likeness (QED) is 0.839. The molecule has 0 bridgehead atoms. The maximum Gasteiger partial charge on any atom is 0.146 e. The molecule has 1 aromatic carbocycles. The number of halogens is 1. The van der Waals surface area contributed by atoms with Crippen molar-refractivity contribution in [2.45, 2.75) is 45.2 Å². The normalized spacial score (nSPS) is 21.5. The van der Waals surface area contributed by atoms with Gasteiger partial charge < -0.3 is 10.6 Å². The molecule has 94 valence electrons. The maximum absolute atomic E-state index is 13.6. The molecule has 0 saturated carbocycles. The average Bonchev–Trinajstić information content (AvgIpc) is 2.76. The van der Waals surface area contributed by atoms with Gasteiger partial charge in [-0.1, -0.05) is 6.07 Å². The van der Waals surface area contributed by atoms with E-state index in [1.165, 1.54) is 18.9 Å². The van der Waals surface area contributed by atoms with Crippen molar-refractivity contribution < 1.29 is 4.39 Å². The summed E-state index contributed by atoms with van der Waals surface area (Å²) < 4.78 is 13.6. The molecule has 2 N–H and O–H groups in total. The van der Waals surface area contributed by atoms with Crippen molar-refractivity contribution in [3.8, 4) is 0 Å². The third-order valence-corrected chi connectivity index (χ3v) is 3.32. The molecule has 1 fully saturated rings. The lowest BCUT2D eigenvalue weighted by Gasteiger charge is -2.20. The van der Waals surface area contributed by atoms with E-state index in [9.17, 15) is 4.39 Å². The molecule has 3 heteroatoms. The standard InChI is InChI=1S/C14H21FN2/c1-10-5-6-13(15)14(8-10)17-11(2)9-12-4-3-7-16-12/h5-6,8,11-12,16-17H,3-4,7,9H2,1-2H3. The molecule has 2 atom stereocenters. The van der Waals surface area contributed by atoms with E-state index in [0.717, 1.165) is 18.5 Å². The summed E-state index contributed by atoms with van der Waals surface area (Å²) in [5.41, 5.74) is 1.70. The second-order valence-electron chi connectivity index (χ2n) is 5.06. The summed E-state index contributed by atoms with van der Waals surface area (Å²) in [5, 5.41) is 6.73. The maximum atomic E-state index is 13.6. The summed E-state index contributed by atoms with van der Waals surface area (Å²) >= 11 is 0. The minimum Gasteiger partial charge on any atom is -0.380 e. The Labute approximate surface area is 103 Å². The lowest BCUT2D eigenvalue weighted by molar-refractivity contribution is 0.521. The lowest BCUT2D eigenvalue weighted by atomic mass is 10.1. The number of anilines is 1. The number of hydrogen-bond donors (Lipinski definition) is 2. The van der Waals surface area contributed by atoms with E-state index in [2.05, 4.69) is 17.6 Å². The SMILES string of the molecule is Cc1ccc(F)c(NC(C)CC2CCCN2)c1. The summed E-state index contributed by atoms with van der Waals surface area (Å²) in [6.45, 7) is 5.21. The van der Waals surface area contributed by atoms with Crippen LogP contribution in [0.25, 0.3) is 0 Å². The van der Waals surface area contributed by atoms with Crippen LogP contribution in [0.15, 0.2) is 18.2 Å². The Bertz CT molecular complexity index is 372. The van der Waals surface area contributed by atoms with Crippen LogP contribution < -0.4 is 10.6 Å². The fraction of sp³-hybridized carbons (Fsp3) is 0.571. The van der Waals surface area contributed by atoms with Gasteiger partial charge >= 0.3 is 0 Å². The highest BCUT2D eigenvalue weighted by Crippen LogP contribution is 2.19. The van der Waals surface area contributed by atoms with E-state index in [-0.39, 0.29) is 5.82 Å². The molecular weight excluding hydrogens is 215 g/mol. The fourth-order valence-corrected chi connectivity index (χ4v) is 2.46. The molecule has 1 aliphatic rings. The molecule has 2 nitrogen and oxygen atoms in total. The van der Waals surface area contributed by atoms with Gasteiger partial charge in [0.25, 0.3) is 0 Å². The first-order valence-electron chi connectivity index (χ1n) is 6.41. The van der Waals surface area contributed by atoms with E-state index in [0.29, 0.717) is 17.8 Å². The second-order valence-corrected chi connectivity index (χ2v) is 5.06. The van der Waals surface area contributed by atoms with Crippen LogP contribution in [0.5, 0.6) is 0 Å². The lowest BCUT2D eigenvalue weighted by Crippen LogP contribution is -2.29. The van der Waals surface area contributed by atoms with Gasteiger partial charge in [-0.15, -0.1) is 0 Å². The van der Waals surface area contributed by atoms with Gasteiger partial charge in [-0.25, -0.2) is 4.39 Å². The Balaban J connectivity index is 1.92. The Kier molecular flexibility index (Phi) is 4.00. The summed E-state index contributed by atoms with van der Waals surface area (Å²) in [6.07, 6.45) is 3.55. The van der Waals surface area contributed by atoms with Gasteiger partial charge in [-0.2, -0.15) is 0 Å². The topological polar surface area (TPSA) is 24.1 Å². The van der Waals surface area contributed by atoms with Crippen molar-refractivity contribution in [1.29, 1.82) is 0 Å². The number of nitrogens with one attached hydrogen (secondary N) is 2. The first kappa shape index (κ1) is 12.4. The van der Waals surface area contributed by atoms with E-state index in [4.69, 9.17) is 0 Å². The molecule has 0 radical (unpaired) electrons. The highest BCUT2D eigenvalue weighted by atomic mass is 19.1. The third-order valence-electron chi connectivity index (χ3n) is 3.32. The van der Waals surface area contributed by atoms with Crippen molar-refractivity contribution in [1.82, 2.24) is 5.32 Å². The molecule has 0 amide bonds. The van der Waals surface area contributed by atoms with Gasteiger partial charge in [0.15, 0.2) is 0 Å². The van der Waals surface area contributed by atoms with Crippen molar-refractivity contribution >= 4 is 5.69 Å². The van der Waals surface area contributed by atoms with Crippen LogP contribution in [0.3, 0.4) is 0 Å². The predicted octanol–water partition coefficient (Wildman–Crippen LogP) is 3.08. The van der Waals surface area contributed by atoms with Gasteiger partial charge in [0, 0.05) is 12.1 Å². The van der Waals surface area contributed by atoms with Crippen LogP contribution in [0.2, 0.25) is 0 Å². The van der Waals surface area contributed by atoms with Crippen LogP contribution in [0, 0.1) is 12.7 Å². The van der Waals surface area contributed by atoms with Gasteiger partial charge in [0.2, 0.25) is 0 Å². The fourth-order valence-electron chi connectivity index (χ4n) is 2.46. The van der Waals surface area contributed by atoms with E-state index < -0.39 is 0 Å². The monoisotopic (exact) mass is 236 g/mol. The summed E-state index contributed by atoms with van der Waals surface area (Å²) in [6, 6.07) is 6.07. The summed E-state index contributed by atoms with van der Waals surface area (Å²) in [5.74, 6) is -0.165. The minimum atomic E-state index is -0.165. The molecule has 1 aromatic rings. The van der Waals surface area contributed by atoms with Crippen LogP contribution in [-0.4, -0.2) is 18.6 Å². The Morgan fingerprint density at radius 2 is 2.35 bits per heavy atom. The van der Waals surface area contributed by atoms with Crippen molar-refractivity contribution in [2.75, 3.05) is 11.9 Å². The zero-order valence-electron chi connectivity index (χ0n) is 10.6. The van der Waals surface area contributed by atoms with Gasteiger partial charge in [0.05, 0.1) is 5.69 Å². The second kappa shape index (κ2) is 5.50. The predicted molar refractivity (Wildman–Crippen MR) is 69.9 cm³/mol. The van der Waals surface area contributed by atoms with Crippen molar-refractivity contribution in [3.63, 3.8) is 0 Å². The Morgan fingerprint density at radius 1 is 1.53 bits per heavy atom. The van der Waals surface area contributed by atoms with Crippen LogP contribution in [0.1, 0.15) is 31.7 Å². The molecule has 2 rings (SSSR count).